The zero-order valence-corrected chi connectivity index (χ0v) is 18.4. The number of aryl methyl sites for hydroxylation is 1. The fourth-order valence-corrected chi connectivity index (χ4v) is 3.96. The molecule has 0 amide bonds. The first-order valence-electron chi connectivity index (χ1n) is 11.1. The summed E-state index contributed by atoms with van der Waals surface area (Å²) in [6.07, 6.45) is 2.69. The molecule has 2 heterocycles. The average molecular weight is 432 g/mol. The van der Waals surface area contributed by atoms with E-state index in [0.717, 1.165) is 44.9 Å². The molecule has 6 nitrogen and oxygen atoms in total. The quantitative estimate of drug-likeness (QED) is 0.575. The Kier molecular flexibility index (Phi) is 7.02. The molecule has 6 heteroatoms. The van der Waals surface area contributed by atoms with E-state index in [1.54, 1.807) is 18.3 Å². The van der Waals surface area contributed by atoms with Crippen LogP contribution in [-0.2, 0) is 19.6 Å². The van der Waals surface area contributed by atoms with Gasteiger partial charge in [-0.05, 0) is 47.4 Å². The van der Waals surface area contributed by atoms with Crippen molar-refractivity contribution < 1.29 is 14.6 Å². The number of nitrogens with zero attached hydrogens (tertiary/aromatic N) is 3. The molecule has 4 rings (SSSR count). The van der Waals surface area contributed by atoms with Crippen LogP contribution in [-0.4, -0.2) is 47.1 Å². The maximum absolute atomic E-state index is 11.5. The van der Waals surface area contributed by atoms with Crippen LogP contribution in [0, 0.1) is 0 Å². The molecule has 166 valence electrons. The van der Waals surface area contributed by atoms with Crippen LogP contribution in [0.2, 0.25) is 0 Å². The Hall–Kier alpha value is -3.38. The van der Waals surface area contributed by atoms with Crippen LogP contribution < -0.4 is 9.64 Å². The molecule has 3 aromatic rings. The normalized spacial score (nSPS) is 14.3. The van der Waals surface area contributed by atoms with E-state index in [2.05, 4.69) is 58.1 Å². The minimum Gasteiger partial charge on any atom is -0.489 e. The predicted octanol–water partition coefficient (Wildman–Crippen LogP) is 4.24. The lowest BCUT2D eigenvalue weighted by Crippen LogP contribution is -2.46. The second kappa shape index (κ2) is 10.3. The Morgan fingerprint density at radius 2 is 1.72 bits per heavy atom. The largest absolute Gasteiger partial charge is 0.489 e. The summed E-state index contributed by atoms with van der Waals surface area (Å²) in [6, 6.07) is 20.1. The SMILES string of the molecule is CCc1ccc(COc2cccc(CN3CCN(c4ncccc4C(=O)O)CC3)c2)cc1. The van der Waals surface area contributed by atoms with Gasteiger partial charge in [-0.3, -0.25) is 4.90 Å². The number of ether oxygens (including phenoxy) is 1. The first kappa shape index (κ1) is 21.8. The summed E-state index contributed by atoms with van der Waals surface area (Å²) in [6.45, 7) is 6.76. The molecule has 0 saturated carbocycles. The minimum absolute atomic E-state index is 0.259. The second-order valence-electron chi connectivity index (χ2n) is 8.05. The molecule has 0 unspecified atom stereocenters. The number of piperazine rings is 1. The lowest BCUT2D eigenvalue weighted by Gasteiger charge is -2.35. The lowest BCUT2D eigenvalue weighted by molar-refractivity contribution is 0.0697. The fourth-order valence-electron chi connectivity index (χ4n) is 3.96. The second-order valence-corrected chi connectivity index (χ2v) is 8.05. The topological polar surface area (TPSA) is 65.9 Å². The molecular weight excluding hydrogens is 402 g/mol. The predicted molar refractivity (Wildman–Crippen MR) is 125 cm³/mol. The molecule has 1 N–H and O–H groups in total. The molecule has 0 atom stereocenters. The number of hydrogen-bond donors (Lipinski definition) is 1. The van der Waals surface area contributed by atoms with Gasteiger partial charge in [-0.2, -0.15) is 0 Å². The maximum Gasteiger partial charge on any atom is 0.339 e. The number of benzene rings is 2. The molecule has 1 aromatic heterocycles. The van der Waals surface area contributed by atoms with E-state index < -0.39 is 5.97 Å². The third-order valence-corrected chi connectivity index (χ3v) is 5.83. The molecule has 2 aromatic carbocycles. The zero-order valence-electron chi connectivity index (χ0n) is 18.4. The van der Waals surface area contributed by atoms with E-state index in [-0.39, 0.29) is 5.56 Å². The third-order valence-electron chi connectivity index (χ3n) is 5.83. The number of pyridine rings is 1. The highest BCUT2D eigenvalue weighted by atomic mass is 16.5. The molecular formula is C26H29N3O3. The van der Waals surface area contributed by atoms with Crippen LogP contribution in [0.25, 0.3) is 0 Å². The van der Waals surface area contributed by atoms with E-state index in [4.69, 9.17) is 4.74 Å². The van der Waals surface area contributed by atoms with Crippen molar-refractivity contribution in [3.63, 3.8) is 0 Å². The molecule has 0 bridgehead atoms. The molecule has 1 fully saturated rings. The molecule has 1 aliphatic heterocycles. The first-order valence-corrected chi connectivity index (χ1v) is 11.1. The number of aromatic carboxylic acids is 1. The van der Waals surface area contributed by atoms with Crippen molar-refractivity contribution in [3.05, 3.63) is 89.1 Å². The van der Waals surface area contributed by atoms with Crippen LogP contribution in [0.5, 0.6) is 5.75 Å². The van der Waals surface area contributed by atoms with Gasteiger partial charge in [0.05, 0.1) is 0 Å². The Morgan fingerprint density at radius 3 is 2.44 bits per heavy atom. The standard InChI is InChI=1S/C26H29N3O3/c1-2-20-8-10-21(11-9-20)19-32-23-6-3-5-22(17-23)18-28-13-15-29(16-14-28)25-24(26(30)31)7-4-12-27-25/h3-12,17H,2,13-16,18-19H2,1H3,(H,30,31). The minimum atomic E-state index is -0.936. The summed E-state index contributed by atoms with van der Waals surface area (Å²) >= 11 is 0. The number of carbonyl (C=O) groups is 1. The smallest absolute Gasteiger partial charge is 0.339 e. The van der Waals surface area contributed by atoms with Crippen molar-refractivity contribution >= 4 is 11.8 Å². The Morgan fingerprint density at radius 1 is 0.969 bits per heavy atom. The summed E-state index contributed by atoms with van der Waals surface area (Å²) in [5.41, 5.74) is 3.97. The van der Waals surface area contributed by atoms with Crippen LogP contribution in [0.4, 0.5) is 5.82 Å². The number of anilines is 1. The molecule has 32 heavy (non-hydrogen) atoms. The van der Waals surface area contributed by atoms with Crippen molar-refractivity contribution in [1.82, 2.24) is 9.88 Å². The van der Waals surface area contributed by atoms with Gasteiger partial charge in [0.15, 0.2) is 0 Å². The highest BCUT2D eigenvalue weighted by Crippen LogP contribution is 2.21. The van der Waals surface area contributed by atoms with Gasteiger partial charge in [-0.1, -0.05) is 43.3 Å². The Bertz CT molecular complexity index is 1040. The zero-order chi connectivity index (χ0) is 22.3. The highest BCUT2D eigenvalue weighted by Gasteiger charge is 2.22. The van der Waals surface area contributed by atoms with Crippen molar-refractivity contribution in [2.24, 2.45) is 0 Å². The lowest BCUT2D eigenvalue weighted by atomic mass is 10.1. The molecule has 1 aliphatic rings. The summed E-state index contributed by atoms with van der Waals surface area (Å²) in [4.78, 5) is 20.2. The monoisotopic (exact) mass is 431 g/mol. The highest BCUT2D eigenvalue weighted by molar-refractivity contribution is 5.93. The van der Waals surface area contributed by atoms with Crippen molar-refractivity contribution in [1.29, 1.82) is 0 Å². The van der Waals surface area contributed by atoms with Gasteiger partial charge in [0, 0.05) is 38.9 Å². The molecule has 0 radical (unpaired) electrons. The van der Waals surface area contributed by atoms with Gasteiger partial charge in [-0.25, -0.2) is 9.78 Å². The summed E-state index contributed by atoms with van der Waals surface area (Å²) < 4.78 is 6.02. The number of hydrogen-bond acceptors (Lipinski definition) is 5. The Labute approximate surface area is 189 Å². The molecule has 0 spiro atoms. The first-order chi connectivity index (χ1) is 15.6. The average Bonchev–Trinajstić information content (AvgIpc) is 2.84. The van der Waals surface area contributed by atoms with Gasteiger partial charge >= 0.3 is 5.97 Å². The van der Waals surface area contributed by atoms with Crippen molar-refractivity contribution in [2.75, 3.05) is 31.1 Å². The van der Waals surface area contributed by atoms with Crippen LogP contribution >= 0.6 is 0 Å². The number of carboxylic acids is 1. The van der Waals surface area contributed by atoms with E-state index in [0.29, 0.717) is 12.4 Å². The van der Waals surface area contributed by atoms with Gasteiger partial charge in [-0.15, -0.1) is 0 Å². The fraction of sp³-hybridized carbons (Fsp3) is 0.308. The number of aromatic nitrogens is 1. The van der Waals surface area contributed by atoms with Gasteiger partial charge < -0.3 is 14.7 Å². The van der Waals surface area contributed by atoms with E-state index in [1.807, 2.05) is 12.1 Å². The maximum atomic E-state index is 11.5. The summed E-state index contributed by atoms with van der Waals surface area (Å²) in [7, 11) is 0. The summed E-state index contributed by atoms with van der Waals surface area (Å²) in [5, 5.41) is 9.42. The van der Waals surface area contributed by atoms with E-state index >= 15 is 0 Å². The number of carboxylic acid groups (broad SMARTS) is 1. The molecule has 0 aliphatic carbocycles. The van der Waals surface area contributed by atoms with E-state index in [1.165, 1.54) is 16.7 Å². The van der Waals surface area contributed by atoms with Crippen LogP contribution in [0.15, 0.2) is 66.9 Å². The van der Waals surface area contributed by atoms with Gasteiger partial charge in [0.25, 0.3) is 0 Å². The van der Waals surface area contributed by atoms with Crippen molar-refractivity contribution in [3.8, 4) is 5.75 Å². The van der Waals surface area contributed by atoms with Gasteiger partial charge in [0.1, 0.15) is 23.7 Å². The van der Waals surface area contributed by atoms with Gasteiger partial charge in [0.2, 0.25) is 0 Å². The number of rotatable bonds is 8. The van der Waals surface area contributed by atoms with Crippen LogP contribution in [0.1, 0.15) is 34.0 Å². The Balaban J connectivity index is 1.31. The van der Waals surface area contributed by atoms with Crippen molar-refractivity contribution in [2.45, 2.75) is 26.5 Å². The molecule has 1 saturated heterocycles. The summed E-state index contributed by atoms with van der Waals surface area (Å²) in [5.74, 6) is 0.496. The van der Waals surface area contributed by atoms with Crippen LogP contribution in [0.3, 0.4) is 0 Å². The third kappa shape index (κ3) is 5.45. The van der Waals surface area contributed by atoms with E-state index in [9.17, 15) is 9.90 Å².